The van der Waals surface area contributed by atoms with Crippen molar-refractivity contribution >= 4 is 60.2 Å². The minimum Gasteiger partial charge on any atom is -0.478 e. The maximum atomic E-state index is 12.2. The summed E-state index contributed by atoms with van der Waals surface area (Å²) in [6.45, 7) is 0. The third-order valence-electron chi connectivity index (χ3n) is 2.45. The molecule has 1 aromatic heterocycles. The van der Waals surface area contributed by atoms with Crippen LogP contribution in [0.2, 0.25) is 0 Å². The lowest BCUT2D eigenvalue weighted by molar-refractivity contribution is 0.0698. The van der Waals surface area contributed by atoms with E-state index in [9.17, 15) is 13.2 Å². The third-order valence-corrected chi connectivity index (χ3v) is 4.88. The second kappa shape index (κ2) is 6.28. The van der Waals surface area contributed by atoms with Crippen LogP contribution < -0.4 is 4.72 Å². The molecular formula is C12H8BrIN2O4S. The number of sulfonamides is 1. The molecule has 6 nitrogen and oxygen atoms in total. The highest BCUT2D eigenvalue weighted by atomic mass is 127. The number of pyridine rings is 1. The first-order valence-electron chi connectivity index (χ1n) is 5.46. The van der Waals surface area contributed by atoms with E-state index in [0.717, 1.165) is 0 Å². The van der Waals surface area contributed by atoms with Gasteiger partial charge in [-0.25, -0.2) is 13.2 Å². The Morgan fingerprint density at radius 1 is 1.29 bits per heavy atom. The van der Waals surface area contributed by atoms with Crippen molar-refractivity contribution in [3.8, 4) is 0 Å². The Kier molecular flexibility index (Phi) is 4.84. The number of hydrogen-bond acceptors (Lipinski definition) is 4. The normalized spacial score (nSPS) is 11.1. The summed E-state index contributed by atoms with van der Waals surface area (Å²) in [5.74, 6) is -1.21. The van der Waals surface area contributed by atoms with Gasteiger partial charge in [0.25, 0.3) is 10.0 Å². The molecule has 1 heterocycles. The Labute approximate surface area is 142 Å². The third kappa shape index (κ3) is 3.92. The highest BCUT2D eigenvalue weighted by Gasteiger charge is 2.19. The van der Waals surface area contributed by atoms with Crippen molar-refractivity contribution < 1.29 is 18.3 Å². The summed E-state index contributed by atoms with van der Waals surface area (Å²) in [5, 5.41) is 9.14. The maximum absolute atomic E-state index is 12.2. The van der Waals surface area contributed by atoms with Crippen molar-refractivity contribution in [1.29, 1.82) is 0 Å². The van der Waals surface area contributed by atoms with E-state index in [-0.39, 0.29) is 16.1 Å². The molecule has 0 amide bonds. The number of carbonyl (C=O) groups is 1. The van der Waals surface area contributed by atoms with Crippen LogP contribution in [-0.2, 0) is 10.0 Å². The van der Waals surface area contributed by atoms with Crippen LogP contribution in [0.1, 0.15) is 10.4 Å². The molecule has 0 saturated carbocycles. The van der Waals surface area contributed by atoms with Gasteiger partial charge in [-0.3, -0.25) is 9.71 Å². The summed E-state index contributed by atoms with van der Waals surface area (Å²) < 4.78 is 28.0. The summed E-state index contributed by atoms with van der Waals surface area (Å²) in [5.41, 5.74) is -0.115. The van der Waals surface area contributed by atoms with Crippen LogP contribution in [0.5, 0.6) is 0 Å². The number of aromatic carboxylic acids is 1. The Bertz CT molecular complexity index is 811. The molecule has 0 bridgehead atoms. The molecule has 0 unspecified atom stereocenters. The summed E-state index contributed by atoms with van der Waals surface area (Å²) in [6.07, 6.45) is 2.63. The van der Waals surface area contributed by atoms with E-state index in [0.29, 0.717) is 8.04 Å². The van der Waals surface area contributed by atoms with Gasteiger partial charge in [0.05, 0.1) is 11.3 Å². The number of benzene rings is 1. The number of aromatic nitrogens is 1. The topological polar surface area (TPSA) is 96.4 Å². The summed E-state index contributed by atoms with van der Waals surface area (Å²) in [6, 6.07) is 5.79. The van der Waals surface area contributed by atoms with Gasteiger partial charge >= 0.3 is 5.97 Å². The van der Waals surface area contributed by atoms with Gasteiger partial charge in [0.1, 0.15) is 4.90 Å². The van der Waals surface area contributed by atoms with Crippen molar-refractivity contribution in [2.24, 2.45) is 0 Å². The summed E-state index contributed by atoms with van der Waals surface area (Å²) in [7, 11) is -3.91. The first-order valence-corrected chi connectivity index (χ1v) is 8.81. The average molecular weight is 483 g/mol. The molecule has 2 N–H and O–H groups in total. The van der Waals surface area contributed by atoms with E-state index < -0.39 is 16.0 Å². The highest BCUT2D eigenvalue weighted by Crippen LogP contribution is 2.23. The van der Waals surface area contributed by atoms with Crippen molar-refractivity contribution in [3.63, 3.8) is 0 Å². The molecule has 0 aliphatic carbocycles. The van der Waals surface area contributed by atoms with Crippen molar-refractivity contribution in [3.05, 3.63) is 50.3 Å². The van der Waals surface area contributed by atoms with Crippen LogP contribution in [0.3, 0.4) is 0 Å². The van der Waals surface area contributed by atoms with Crippen LogP contribution in [0.4, 0.5) is 5.69 Å². The SMILES string of the molecule is O=C(O)c1cc(I)ccc1NS(=O)(=O)c1cncc(Br)c1. The van der Waals surface area contributed by atoms with Gasteiger partial charge in [0, 0.05) is 20.4 Å². The van der Waals surface area contributed by atoms with Crippen LogP contribution in [0.25, 0.3) is 0 Å². The van der Waals surface area contributed by atoms with Crippen LogP contribution >= 0.6 is 38.5 Å². The van der Waals surface area contributed by atoms with E-state index >= 15 is 0 Å². The van der Waals surface area contributed by atoms with E-state index in [1.165, 1.54) is 30.6 Å². The molecule has 2 aromatic rings. The van der Waals surface area contributed by atoms with Gasteiger partial charge < -0.3 is 5.11 Å². The zero-order valence-electron chi connectivity index (χ0n) is 10.2. The number of rotatable bonds is 4. The lowest BCUT2D eigenvalue weighted by Gasteiger charge is -2.11. The van der Waals surface area contributed by atoms with Crippen LogP contribution in [0.15, 0.2) is 46.0 Å². The molecule has 0 aliphatic rings. The number of carboxylic acids is 1. The highest BCUT2D eigenvalue weighted by molar-refractivity contribution is 14.1. The molecule has 1 aromatic carbocycles. The fourth-order valence-electron chi connectivity index (χ4n) is 1.53. The number of carboxylic acid groups (broad SMARTS) is 1. The molecule has 0 aliphatic heterocycles. The van der Waals surface area contributed by atoms with Crippen molar-refractivity contribution in [2.75, 3.05) is 4.72 Å². The van der Waals surface area contributed by atoms with Gasteiger partial charge in [-0.15, -0.1) is 0 Å². The predicted molar refractivity (Wildman–Crippen MR) is 88.9 cm³/mol. The predicted octanol–water partition coefficient (Wildman–Crippen LogP) is 2.95. The Hall–Kier alpha value is -1.20. The smallest absolute Gasteiger partial charge is 0.337 e. The zero-order chi connectivity index (χ0) is 15.6. The number of halogens is 2. The first kappa shape index (κ1) is 16.2. The molecule has 0 radical (unpaired) electrons. The van der Waals surface area contributed by atoms with E-state index in [1.54, 1.807) is 6.07 Å². The molecule has 0 fully saturated rings. The number of nitrogens with zero attached hydrogens (tertiary/aromatic N) is 1. The molecule has 0 spiro atoms. The monoisotopic (exact) mass is 482 g/mol. The van der Waals surface area contributed by atoms with Crippen LogP contribution in [0, 0.1) is 3.57 Å². The minimum absolute atomic E-state index is 0.00268. The second-order valence-corrected chi connectivity index (χ2v) is 7.78. The zero-order valence-corrected chi connectivity index (χ0v) is 14.8. The summed E-state index contributed by atoms with van der Waals surface area (Å²) >= 11 is 5.09. The molecular weight excluding hydrogens is 475 g/mol. The second-order valence-electron chi connectivity index (χ2n) is 3.94. The quantitative estimate of drug-likeness (QED) is 0.653. The minimum atomic E-state index is -3.91. The van der Waals surface area contributed by atoms with Gasteiger partial charge in [0.15, 0.2) is 0 Å². The Morgan fingerprint density at radius 2 is 2.00 bits per heavy atom. The molecule has 0 saturated heterocycles. The van der Waals surface area contributed by atoms with E-state index in [4.69, 9.17) is 5.11 Å². The first-order chi connectivity index (χ1) is 9.79. The molecule has 21 heavy (non-hydrogen) atoms. The molecule has 110 valence electrons. The molecule has 9 heteroatoms. The lowest BCUT2D eigenvalue weighted by atomic mass is 10.2. The largest absolute Gasteiger partial charge is 0.478 e. The number of nitrogens with one attached hydrogen (secondary N) is 1. The standard InChI is InChI=1S/C12H8BrIN2O4S/c13-7-3-9(6-15-5-7)21(19,20)16-11-2-1-8(14)4-10(11)12(17)18/h1-6,16H,(H,17,18). The van der Waals surface area contributed by atoms with E-state index in [2.05, 4.69) is 25.6 Å². The van der Waals surface area contributed by atoms with Gasteiger partial charge in [-0.05, 0) is 62.8 Å². The number of anilines is 1. The fourth-order valence-corrected chi connectivity index (χ4v) is 3.60. The lowest BCUT2D eigenvalue weighted by Crippen LogP contribution is -2.16. The Morgan fingerprint density at radius 3 is 2.62 bits per heavy atom. The molecule has 0 atom stereocenters. The van der Waals surface area contributed by atoms with Crippen molar-refractivity contribution in [1.82, 2.24) is 4.98 Å². The van der Waals surface area contributed by atoms with Gasteiger partial charge in [0.2, 0.25) is 0 Å². The van der Waals surface area contributed by atoms with E-state index in [1.807, 2.05) is 22.6 Å². The summed E-state index contributed by atoms with van der Waals surface area (Å²) in [4.78, 5) is 14.9. The van der Waals surface area contributed by atoms with Gasteiger partial charge in [-0.2, -0.15) is 0 Å². The number of hydrogen-bond donors (Lipinski definition) is 2. The van der Waals surface area contributed by atoms with Crippen LogP contribution in [-0.4, -0.2) is 24.5 Å². The maximum Gasteiger partial charge on any atom is 0.337 e. The molecule has 2 rings (SSSR count). The fraction of sp³-hybridized carbons (Fsp3) is 0. The van der Waals surface area contributed by atoms with Crippen molar-refractivity contribution in [2.45, 2.75) is 4.90 Å². The Balaban J connectivity index is 2.44. The average Bonchev–Trinajstić information content (AvgIpc) is 2.40. The van der Waals surface area contributed by atoms with Gasteiger partial charge in [-0.1, -0.05) is 0 Å².